The number of alkyl halides is 3. The summed E-state index contributed by atoms with van der Waals surface area (Å²) in [4.78, 5) is 24.8. The lowest BCUT2D eigenvalue weighted by atomic mass is 10.1. The van der Waals surface area contributed by atoms with Gasteiger partial charge in [-0.2, -0.15) is 0 Å². The number of likely N-dealkylation sites (tertiary alicyclic amines) is 1. The number of amides is 1. The Bertz CT molecular complexity index is 602. The number of ether oxygens (including phenoxy) is 2. The number of methoxy groups -OCH3 is 1. The number of benzene rings is 1. The first-order valence-electron chi connectivity index (χ1n) is 7.11. The van der Waals surface area contributed by atoms with Gasteiger partial charge in [0.25, 0.3) is 5.91 Å². The number of hydrogen-bond donors (Lipinski definition) is 1. The summed E-state index contributed by atoms with van der Waals surface area (Å²) in [5.74, 6) is -1.93. The molecule has 0 aromatic heterocycles. The summed E-state index contributed by atoms with van der Waals surface area (Å²) in [6.07, 6.45) is -4.91. The second-order valence-electron chi connectivity index (χ2n) is 5.37. The lowest BCUT2D eigenvalue weighted by Crippen LogP contribution is -2.37. The first-order chi connectivity index (χ1) is 11.2. The average Bonchev–Trinajstić information content (AvgIpc) is 2.88. The molecule has 0 radical (unpaired) electrons. The van der Waals surface area contributed by atoms with Crippen molar-refractivity contribution >= 4 is 11.9 Å². The molecule has 132 valence electrons. The Hall–Kier alpha value is -2.29. The van der Waals surface area contributed by atoms with Crippen LogP contribution < -0.4 is 4.74 Å². The van der Waals surface area contributed by atoms with Gasteiger partial charge in [0.15, 0.2) is 0 Å². The van der Waals surface area contributed by atoms with Crippen LogP contribution in [0.3, 0.4) is 0 Å². The largest absolute Gasteiger partial charge is 0.573 e. The van der Waals surface area contributed by atoms with Crippen LogP contribution >= 0.6 is 0 Å². The fraction of sp³-hybridized carbons (Fsp3) is 0.467. The van der Waals surface area contributed by atoms with E-state index in [9.17, 15) is 22.8 Å². The van der Waals surface area contributed by atoms with Crippen LogP contribution in [0.2, 0.25) is 0 Å². The maximum absolute atomic E-state index is 12.5. The molecular formula is C15H16F3NO5. The van der Waals surface area contributed by atoms with Gasteiger partial charge in [0.05, 0.1) is 12.5 Å². The normalized spacial score (nSPS) is 20.9. The zero-order valence-corrected chi connectivity index (χ0v) is 12.7. The van der Waals surface area contributed by atoms with Crippen LogP contribution in [0, 0.1) is 0 Å². The summed E-state index contributed by atoms with van der Waals surface area (Å²) < 4.78 is 45.3. The molecule has 1 aromatic rings. The highest BCUT2D eigenvalue weighted by Gasteiger charge is 2.37. The molecule has 1 amide bonds. The molecule has 6 nitrogen and oxygen atoms in total. The van der Waals surface area contributed by atoms with E-state index in [1.807, 2.05) is 0 Å². The van der Waals surface area contributed by atoms with E-state index in [2.05, 4.69) is 4.74 Å². The van der Waals surface area contributed by atoms with Crippen molar-refractivity contribution in [3.63, 3.8) is 0 Å². The highest BCUT2D eigenvalue weighted by Crippen LogP contribution is 2.27. The highest BCUT2D eigenvalue weighted by molar-refractivity contribution is 5.95. The van der Waals surface area contributed by atoms with Crippen LogP contribution in [0.5, 0.6) is 5.75 Å². The van der Waals surface area contributed by atoms with Gasteiger partial charge in [-0.25, -0.2) is 0 Å². The molecule has 2 atom stereocenters. The predicted molar refractivity (Wildman–Crippen MR) is 75.6 cm³/mol. The Morgan fingerprint density at radius 2 is 1.92 bits per heavy atom. The number of hydrogen-bond acceptors (Lipinski definition) is 4. The van der Waals surface area contributed by atoms with Crippen molar-refractivity contribution in [3.05, 3.63) is 29.8 Å². The third kappa shape index (κ3) is 4.60. The van der Waals surface area contributed by atoms with E-state index in [4.69, 9.17) is 9.84 Å². The molecule has 9 heteroatoms. The molecule has 1 aliphatic heterocycles. The van der Waals surface area contributed by atoms with Gasteiger partial charge >= 0.3 is 12.3 Å². The number of carbonyl (C=O) groups is 2. The minimum Gasteiger partial charge on any atom is -0.481 e. The van der Waals surface area contributed by atoms with Gasteiger partial charge in [-0.1, -0.05) is 0 Å². The van der Waals surface area contributed by atoms with Crippen molar-refractivity contribution in [2.75, 3.05) is 13.7 Å². The minimum absolute atomic E-state index is 0.150. The lowest BCUT2D eigenvalue weighted by molar-refractivity contribution is -0.274. The first kappa shape index (κ1) is 18.1. The Labute approximate surface area is 135 Å². The van der Waals surface area contributed by atoms with Crippen LogP contribution in [0.25, 0.3) is 0 Å². The van der Waals surface area contributed by atoms with Gasteiger partial charge in [0.2, 0.25) is 0 Å². The van der Waals surface area contributed by atoms with E-state index in [0.717, 1.165) is 12.1 Å². The van der Waals surface area contributed by atoms with Gasteiger partial charge in [0.1, 0.15) is 5.75 Å². The van der Waals surface area contributed by atoms with Crippen molar-refractivity contribution in [3.8, 4) is 5.75 Å². The molecular weight excluding hydrogens is 331 g/mol. The van der Waals surface area contributed by atoms with Crippen molar-refractivity contribution < 1.29 is 37.3 Å². The summed E-state index contributed by atoms with van der Waals surface area (Å²) in [6, 6.07) is 3.97. The van der Waals surface area contributed by atoms with Crippen molar-refractivity contribution in [2.24, 2.45) is 0 Å². The van der Waals surface area contributed by atoms with E-state index in [1.165, 1.54) is 24.1 Å². The number of carboxylic acid groups (broad SMARTS) is 1. The lowest BCUT2D eigenvalue weighted by Gasteiger charge is -2.23. The third-order valence-electron chi connectivity index (χ3n) is 3.72. The summed E-state index contributed by atoms with van der Waals surface area (Å²) in [5, 5.41) is 8.95. The molecule has 1 heterocycles. The molecule has 1 aromatic carbocycles. The predicted octanol–water partition coefficient (Wildman–Crippen LogP) is 2.29. The van der Waals surface area contributed by atoms with Crippen molar-refractivity contribution in [1.29, 1.82) is 0 Å². The third-order valence-corrected chi connectivity index (χ3v) is 3.72. The standard InChI is InChI=1S/C15H16F3NO5/c1-23-12-6-10(7-13(20)21)19(8-12)14(22)9-2-4-11(5-3-9)24-15(16,17)18/h2-5,10,12H,6-8H2,1H3,(H,20,21). The summed E-state index contributed by atoms with van der Waals surface area (Å²) in [5.41, 5.74) is 0.150. The second kappa shape index (κ2) is 7.08. The van der Waals surface area contributed by atoms with Gasteiger partial charge < -0.3 is 19.5 Å². The van der Waals surface area contributed by atoms with Gasteiger partial charge in [0, 0.05) is 25.3 Å². The molecule has 0 saturated carbocycles. The molecule has 1 aliphatic rings. The van der Waals surface area contributed by atoms with Crippen molar-refractivity contribution in [1.82, 2.24) is 4.90 Å². The fourth-order valence-corrected chi connectivity index (χ4v) is 2.65. The molecule has 1 saturated heterocycles. The highest BCUT2D eigenvalue weighted by atomic mass is 19.4. The van der Waals surface area contributed by atoms with Gasteiger partial charge in [-0.15, -0.1) is 13.2 Å². The van der Waals surface area contributed by atoms with E-state index < -0.39 is 30.0 Å². The summed E-state index contributed by atoms with van der Waals surface area (Å²) in [6.45, 7) is 0.230. The average molecular weight is 347 g/mol. The molecule has 2 unspecified atom stereocenters. The van der Waals surface area contributed by atoms with Crippen LogP contribution in [0.1, 0.15) is 23.2 Å². The zero-order valence-electron chi connectivity index (χ0n) is 12.7. The minimum atomic E-state index is -4.81. The molecule has 2 rings (SSSR count). The maximum Gasteiger partial charge on any atom is 0.573 e. The van der Waals surface area contributed by atoms with Crippen LogP contribution in [-0.2, 0) is 9.53 Å². The Morgan fingerprint density at radius 3 is 2.42 bits per heavy atom. The molecule has 24 heavy (non-hydrogen) atoms. The number of carboxylic acids is 1. The Morgan fingerprint density at radius 1 is 1.29 bits per heavy atom. The summed E-state index contributed by atoms with van der Waals surface area (Å²) in [7, 11) is 1.47. The van der Waals surface area contributed by atoms with Crippen molar-refractivity contribution in [2.45, 2.75) is 31.3 Å². The van der Waals surface area contributed by atoms with E-state index in [1.54, 1.807) is 0 Å². The maximum atomic E-state index is 12.5. The molecule has 0 bridgehead atoms. The second-order valence-corrected chi connectivity index (χ2v) is 5.37. The van der Waals surface area contributed by atoms with E-state index >= 15 is 0 Å². The molecule has 1 N–H and O–H groups in total. The van der Waals surface area contributed by atoms with Gasteiger partial charge in [-0.3, -0.25) is 9.59 Å². The zero-order chi connectivity index (χ0) is 17.9. The number of aliphatic carboxylic acids is 1. The Kier molecular flexibility index (Phi) is 5.33. The topological polar surface area (TPSA) is 76.1 Å². The number of rotatable bonds is 5. The monoisotopic (exact) mass is 347 g/mol. The quantitative estimate of drug-likeness (QED) is 0.884. The first-order valence-corrected chi connectivity index (χ1v) is 7.11. The van der Waals surface area contributed by atoms with Crippen LogP contribution in [0.4, 0.5) is 13.2 Å². The van der Waals surface area contributed by atoms with E-state index in [-0.39, 0.29) is 24.6 Å². The molecule has 0 aliphatic carbocycles. The number of halogens is 3. The summed E-state index contributed by atoms with van der Waals surface area (Å²) >= 11 is 0. The fourth-order valence-electron chi connectivity index (χ4n) is 2.65. The van der Waals surface area contributed by atoms with Crippen LogP contribution in [-0.4, -0.2) is 54.0 Å². The van der Waals surface area contributed by atoms with Gasteiger partial charge in [-0.05, 0) is 30.7 Å². The number of nitrogens with zero attached hydrogens (tertiary/aromatic N) is 1. The number of carbonyl (C=O) groups excluding carboxylic acids is 1. The van der Waals surface area contributed by atoms with Crippen LogP contribution in [0.15, 0.2) is 24.3 Å². The molecule has 1 fully saturated rings. The van der Waals surface area contributed by atoms with E-state index in [0.29, 0.717) is 6.42 Å². The SMILES string of the molecule is COC1CC(CC(=O)O)N(C(=O)c2ccc(OC(F)(F)F)cc2)C1. The molecule has 0 spiro atoms. The Balaban J connectivity index is 2.12. The smallest absolute Gasteiger partial charge is 0.481 e.